The van der Waals surface area contributed by atoms with Crippen molar-refractivity contribution in [2.24, 2.45) is 5.14 Å². The van der Waals surface area contributed by atoms with E-state index in [0.717, 1.165) is 0 Å². The molecule has 1 atom stereocenters. The lowest BCUT2D eigenvalue weighted by atomic mass is 10.1. The molecule has 6 nitrogen and oxygen atoms in total. The third-order valence-electron chi connectivity index (χ3n) is 3.25. The minimum atomic E-state index is -3.81. The Morgan fingerprint density at radius 2 is 1.92 bits per heavy atom. The number of carbonyl (C=O) groups excluding carboxylic acids is 1. The molecule has 3 N–H and O–H groups in total. The number of nitrogens with two attached hydrogens (primary N) is 1. The number of ether oxygens (including phenoxy) is 1. The maximum atomic E-state index is 12.8. The van der Waals surface area contributed by atoms with E-state index in [-0.39, 0.29) is 11.5 Å². The molecule has 1 amide bonds. The Morgan fingerprint density at radius 3 is 2.54 bits per heavy atom. The number of primary sulfonamides is 1. The van der Waals surface area contributed by atoms with Crippen LogP contribution in [0.3, 0.4) is 0 Å². The number of rotatable bonds is 6. The first-order valence-electron chi connectivity index (χ1n) is 7.06. The van der Waals surface area contributed by atoms with E-state index >= 15 is 0 Å². The number of sulfonamides is 1. The van der Waals surface area contributed by atoms with E-state index in [1.807, 2.05) is 0 Å². The van der Waals surface area contributed by atoms with Gasteiger partial charge in [-0.05, 0) is 48.9 Å². The summed E-state index contributed by atoms with van der Waals surface area (Å²) >= 11 is 0. The highest BCUT2D eigenvalue weighted by atomic mass is 32.2. The van der Waals surface area contributed by atoms with Gasteiger partial charge in [0, 0.05) is 0 Å². The summed E-state index contributed by atoms with van der Waals surface area (Å²) in [6.07, 6.45) is 0. The lowest BCUT2D eigenvalue weighted by Gasteiger charge is -2.15. The maximum Gasteiger partial charge on any atom is 0.258 e. The minimum Gasteiger partial charge on any atom is -0.484 e. The van der Waals surface area contributed by atoms with Crippen LogP contribution in [0.5, 0.6) is 5.75 Å². The van der Waals surface area contributed by atoms with E-state index in [2.05, 4.69) is 5.32 Å². The highest BCUT2D eigenvalue weighted by Gasteiger charge is 2.14. The van der Waals surface area contributed by atoms with Crippen LogP contribution in [0, 0.1) is 5.82 Å². The zero-order chi connectivity index (χ0) is 17.7. The smallest absolute Gasteiger partial charge is 0.258 e. The topological polar surface area (TPSA) is 98.5 Å². The molecule has 0 aliphatic heterocycles. The fraction of sp³-hybridized carbons (Fsp3) is 0.188. The van der Waals surface area contributed by atoms with Gasteiger partial charge in [0.2, 0.25) is 10.0 Å². The predicted molar refractivity (Wildman–Crippen MR) is 86.3 cm³/mol. The zero-order valence-electron chi connectivity index (χ0n) is 12.9. The van der Waals surface area contributed by atoms with Crippen molar-refractivity contribution in [2.45, 2.75) is 17.9 Å². The van der Waals surface area contributed by atoms with E-state index < -0.39 is 27.8 Å². The van der Waals surface area contributed by atoms with Crippen LogP contribution in [0.4, 0.5) is 4.39 Å². The molecule has 0 radical (unpaired) electrons. The molecular formula is C16H17FN2O4S. The first kappa shape index (κ1) is 17.9. The van der Waals surface area contributed by atoms with E-state index in [1.54, 1.807) is 19.1 Å². The van der Waals surface area contributed by atoms with Gasteiger partial charge >= 0.3 is 0 Å². The largest absolute Gasteiger partial charge is 0.484 e. The quantitative estimate of drug-likeness (QED) is 0.827. The molecule has 0 saturated carbocycles. The summed E-state index contributed by atoms with van der Waals surface area (Å²) in [5.74, 6) is -0.418. The van der Waals surface area contributed by atoms with Gasteiger partial charge in [-0.25, -0.2) is 17.9 Å². The first-order chi connectivity index (χ1) is 11.3. The summed E-state index contributed by atoms with van der Waals surface area (Å²) in [7, 11) is -3.81. The fourth-order valence-corrected chi connectivity index (χ4v) is 2.58. The molecule has 2 aromatic rings. The SMILES string of the molecule is CC(NC(=O)COc1ccc(F)cc1)c1cccc(S(N)(=O)=O)c1. The predicted octanol–water partition coefficient (Wildman–Crippen LogP) is 1.73. The second-order valence-electron chi connectivity index (χ2n) is 5.15. The van der Waals surface area contributed by atoms with E-state index in [4.69, 9.17) is 9.88 Å². The molecule has 128 valence electrons. The van der Waals surface area contributed by atoms with Crippen LogP contribution in [-0.4, -0.2) is 20.9 Å². The van der Waals surface area contributed by atoms with Gasteiger partial charge in [-0.3, -0.25) is 4.79 Å². The van der Waals surface area contributed by atoms with Gasteiger partial charge in [0.1, 0.15) is 11.6 Å². The second-order valence-corrected chi connectivity index (χ2v) is 6.71. The summed E-state index contributed by atoms with van der Waals surface area (Å²) in [4.78, 5) is 11.9. The molecule has 0 fully saturated rings. The summed E-state index contributed by atoms with van der Waals surface area (Å²) in [5.41, 5.74) is 0.594. The Labute approximate surface area is 139 Å². The number of hydrogen-bond donors (Lipinski definition) is 2. The number of benzene rings is 2. The molecule has 1 unspecified atom stereocenters. The number of nitrogens with one attached hydrogen (secondary N) is 1. The highest BCUT2D eigenvalue weighted by molar-refractivity contribution is 7.89. The van der Waals surface area contributed by atoms with Crippen LogP contribution in [0.25, 0.3) is 0 Å². The van der Waals surface area contributed by atoms with Gasteiger partial charge in [0.15, 0.2) is 6.61 Å². The molecular weight excluding hydrogens is 335 g/mol. The molecule has 0 bridgehead atoms. The van der Waals surface area contributed by atoms with Crippen molar-refractivity contribution in [3.8, 4) is 5.75 Å². The maximum absolute atomic E-state index is 12.8. The van der Waals surface area contributed by atoms with Gasteiger partial charge in [-0.1, -0.05) is 12.1 Å². The number of amides is 1. The average Bonchev–Trinajstić information content (AvgIpc) is 2.53. The second kappa shape index (κ2) is 7.41. The summed E-state index contributed by atoms with van der Waals surface area (Å²) in [6, 6.07) is 10.9. The Morgan fingerprint density at radius 1 is 1.25 bits per heavy atom. The van der Waals surface area contributed by atoms with Crippen LogP contribution in [0.15, 0.2) is 53.4 Å². The van der Waals surface area contributed by atoms with Crippen molar-refractivity contribution in [1.29, 1.82) is 0 Å². The third kappa shape index (κ3) is 5.04. The normalized spacial score (nSPS) is 12.5. The van der Waals surface area contributed by atoms with Gasteiger partial charge in [-0.2, -0.15) is 0 Å². The molecule has 0 aromatic heterocycles. The minimum absolute atomic E-state index is 0.0244. The van der Waals surface area contributed by atoms with Gasteiger partial charge in [-0.15, -0.1) is 0 Å². The fourth-order valence-electron chi connectivity index (χ4n) is 2.01. The van der Waals surface area contributed by atoms with Crippen LogP contribution in [0.2, 0.25) is 0 Å². The molecule has 2 aromatic carbocycles. The standard InChI is InChI=1S/C16H17FN2O4S/c1-11(12-3-2-4-15(9-12)24(18,21)22)19-16(20)10-23-14-7-5-13(17)6-8-14/h2-9,11H,10H2,1H3,(H,19,20)(H2,18,21,22). The lowest BCUT2D eigenvalue weighted by Crippen LogP contribution is -2.31. The lowest BCUT2D eigenvalue weighted by molar-refractivity contribution is -0.123. The van der Waals surface area contributed by atoms with Crippen LogP contribution in [-0.2, 0) is 14.8 Å². The molecule has 0 saturated heterocycles. The molecule has 2 rings (SSSR count). The van der Waals surface area contributed by atoms with Crippen molar-refractivity contribution in [2.75, 3.05) is 6.61 Å². The molecule has 0 aliphatic carbocycles. The summed E-state index contributed by atoms with van der Waals surface area (Å²) in [5, 5.41) is 7.77. The van der Waals surface area contributed by atoms with E-state index in [1.165, 1.54) is 36.4 Å². The molecule has 8 heteroatoms. The first-order valence-corrected chi connectivity index (χ1v) is 8.61. The van der Waals surface area contributed by atoms with Crippen molar-refractivity contribution in [3.63, 3.8) is 0 Å². The van der Waals surface area contributed by atoms with Crippen molar-refractivity contribution < 1.29 is 22.3 Å². The van der Waals surface area contributed by atoms with Gasteiger partial charge in [0.05, 0.1) is 10.9 Å². The van der Waals surface area contributed by atoms with Crippen LogP contribution in [0.1, 0.15) is 18.5 Å². The monoisotopic (exact) mass is 352 g/mol. The zero-order valence-corrected chi connectivity index (χ0v) is 13.7. The average molecular weight is 352 g/mol. The van der Waals surface area contributed by atoms with Gasteiger partial charge in [0.25, 0.3) is 5.91 Å². The summed E-state index contributed by atoms with van der Waals surface area (Å²) in [6.45, 7) is 1.46. The van der Waals surface area contributed by atoms with E-state index in [0.29, 0.717) is 11.3 Å². The molecule has 0 aliphatic rings. The molecule has 24 heavy (non-hydrogen) atoms. The number of hydrogen-bond acceptors (Lipinski definition) is 4. The van der Waals surface area contributed by atoms with Crippen LogP contribution >= 0.6 is 0 Å². The Balaban J connectivity index is 1.95. The molecule has 0 spiro atoms. The van der Waals surface area contributed by atoms with Crippen molar-refractivity contribution in [1.82, 2.24) is 5.32 Å². The highest BCUT2D eigenvalue weighted by Crippen LogP contribution is 2.17. The Kier molecular flexibility index (Phi) is 5.53. The third-order valence-corrected chi connectivity index (χ3v) is 4.16. The summed E-state index contributed by atoms with van der Waals surface area (Å²) < 4.78 is 40.7. The van der Waals surface area contributed by atoms with Crippen LogP contribution < -0.4 is 15.2 Å². The van der Waals surface area contributed by atoms with Crippen molar-refractivity contribution >= 4 is 15.9 Å². The number of carbonyl (C=O) groups is 1. The Hall–Kier alpha value is -2.45. The number of halogens is 1. The molecule has 0 heterocycles. The Bertz CT molecular complexity index is 822. The van der Waals surface area contributed by atoms with Gasteiger partial charge < -0.3 is 10.1 Å². The van der Waals surface area contributed by atoms with E-state index in [9.17, 15) is 17.6 Å². The van der Waals surface area contributed by atoms with Crippen molar-refractivity contribution in [3.05, 3.63) is 59.9 Å².